The van der Waals surface area contributed by atoms with Gasteiger partial charge in [-0.3, -0.25) is 14.2 Å². The quantitative estimate of drug-likeness (QED) is 0.280. The number of aromatic nitrogens is 4. The summed E-state index contributed by atoms with van der Waals surface area (Å²) in [5, 5.41) is 11.1. The predicted molar refractivity (Wildman–Crippen MR) is 130 cm³/mol. The second kappa shape index (κ2) is 10.3. The SMILES string of the molecule is O=C(Cc1cnc(Nc2ccc(Oc3ccon3)cc2)n(Cc2ccc(Cl)cc2)c1=O)c1ccon1. The van der Waals surface area contributed by atoms with E-state index >= 15 is 0 Å². The van der Waals surface area contributed by atoms with Gasteiger partial charge in [-0.05, 0) is 47.1 Å². The summed E-state index contributed by atoms with van der Waals surface area (Å²) >= 11 is 6.01. The Bertz CT molecular complexity index is 1510. The fourth-order valence-electron chi connectivity index (χ4n) is 3.40. The zero-order valence-electron chi connectivity index (χ0n) is 18.6. The van der Waals surface area contributed by atoms with E-state index in [1.54, 1.807) is 42.5 Å². The summed E-state index contributed by atoms with van der Waals surface area (Å²) in [5.41, 5.74) is 1.53. The maximum absolute atomic E-state index is 13.4. The Morgan fingerprint density at radius 2 is 1.72 bits per heavy atom. The molecule has 0 spiro atoms. The van der Waals surface area contributed by atoms with E-state index in [4.69, 9.17) is 25.4 Å². The highest BCUT2D eigenvalue weighted by Gasteiger charge is 2.17. The predicted octanol–water partition coefficient (Wildman–Crippen LogP) is 4.88. The van der Waals surface area contributed by atoms with Crippen LogP contribution in [-0.2, 0) is 13.0 Å². The van der Waals surface area contributed by atoms with Crippen molar-refractivity contribution in [2.75, 3.05) is 5.32 Å². The number of nitrogens with one attached hydrogen (secondary N) is 1. The molecule has 180 valence electrons. The fourth-order valence-corrected chi connectivity index (χ4v) is 3.53. The van der Waals surface area contributed by atoms with Crippen LogP contribution in [0, 0.1) is 0 Å². The summed E-state index contributed by atoms with van der Waals surface area (Å²) in [7, 11) is 0. The largest absolute Gasteiger partial charge is 0.436 e. The van der Waals surface area contributed by atoms with Crippen LogP contribution in [0.3, 0.4) is 0 Å². The van der Waals surface area contributed by atoms with Crippen LogP contribution in [0.4, 0.5) is 11.6 Å². The zero-order chi connectivity index (χ0) is 24.9. The van der Waals surface area contributed by atoms with Crippen molar-refractivity contribution in [1.29, 1.82) is 0 Å². The van der Waals surface area contributed by atoms with Crippen LogP contribution in [0.15, 0.2) is 93.2 Å². The monoisotopic (exact) mass is 503 g/mol. The molecule has 0 unspecified atom stereocenters. The number of carbonyl (C=O) groups is 1. The average molecular weight is 504 g/mol. The maximum Gasteiger partial charge on any atom is 0.259 e. The van der Waals surface area contributed by atoms with Crippen molar-refractivity contribution in [3.63, 3.8) is 0 Å². The molecule has 0 atom stereocenters. The first-order valence-corrected chi connectivity index (χ1v) is 11.1. The fraction of sp³-hybridized carbons (Fsp3) is 0.0800. The number of nitrogens with zero attached hydrogens (tertiary/aromatic N) is 4. The van der Waals surface area contributed by atoms with E-state index in [0.717, 1.165) is 5.56 Å². The second-order valence-corrected chi connectivity index (χ2v) is 8.14. The lowest BCUT2D eigenvalue weighted by molar-refractivity contribution is 0.0983. The van der Waals surface area contributed by atoms with Gasteiger partial charge < -0.3 is 19.1 Å². The van der Waals surface area contributed by atoms with Crippen LogP contribution in [0.2, 0.25) is 5.02 Å². The number of anilines is 2. The second-order valence-electron chi connectivity index (χ2n) is 7.70. The summed E-state index contributed by atoms with van der Waals surface area (Å²) in [6.07, 6.45) is 3.95. The van der Waals surface area contributed by atoms with E-state index in [-0.39, 0.29) is 35.6 Å². The molecule has 0 bridgehead atoms. The molecule has 0 saturated carbocycles. The standard InChI is InChI=1S/C25H18ClN5O5/c26-18-3-1-16(2-4-18)15-31-24(33)17(13-22(32)21-9-11-34-29-21)14-27-25(31)28-19-5-7-20(8-6-19)36-23-10-12-35-30-23/h1-12,14H,13,15H2,(H,27,28). The highest BCUT2D eigenvalue weighted by Crippen LogP contribution is 2.23. The first kappa shape index (κ1) is 23.1. The minimum absolute atomic E-state index is 0.147. The third-order valence-electron chi connectivity index (χ3n) is 5.19. The number of Topliss-reactive ketones (excluding diaryl/α,β-unsaturated/α-hetero) is 1. The molecule has 11 heteroatoms. The summed E-state index contributed by atoms with van der Waals surface area (Å²) in [6, 6.07) is 17.2. The van der Waals surface area contributed by atoms with Gasteiger partial charge in [0.1, 0.15) is 24.0 Å². The van der Waals surface area contributed by atoms with Gasteiger partial charge in [0, 0.05) is 41.0 Å². The Morgan fingerprint density at radius 1 is 0.972 bits per heavy atom. The van der Waals surface area contributed by atoms with Crippen molar-refractivity contribution in [2.24, 2.45) is 0 Å². The molecule has 0 radical (unpaired) electrons. The Morgan fingerprint density at radius 3 is 2.42 bits per heavy atom. The van der Waals surface area contributed by atoms with Gasteiger partial charge in [-0.2, -0.15) is 0 Å². The molecule has 0 aliphatic rings. The van der Waals surface area contributed by atoms with Crippen molar-refractivity contribution >= 4 is 29.0 Å². The van der Waals surface area contributed by atoms with Crippen molar-refractivity contribution < 1.29 is 18.6 Å². The van der Waals surface area contributed by atoms with Crippen LogP contribution in [0.5, 0.6) is 11.6 Å². The zero-order valence-corrected chi connectivity index (χ0v) is 19.4. The van der Waals surface area contributed by atoms with Crippen molar-refractivity contribution in [1.82, 2.24) is 19.9 Å². The molecule has 3 heterocycles. The van der Waals surface area contributed by atoms with E-state index in [1.165, 1.54) is 29.4 Å². The minimum Gasteiger partial charge on any atom is -0.436 e. The summed E-state index contributed by atoms with van der Waals surface area (Å²) in [5.74, 6) is 0.856. The van der Waals surface area contributed by atoms with Gasteiger partial charge in [-0.15, -0.1) is 0 Å². The molecule has 2 aromatic carbocycles. The van der Waals surface area contributed by atoms with Crippen LogP contribution in [0.1, 0.15) is 21.6 Å². The highest BCUT2D eigenvalue weighted by molar-refractivity contribution is 6.30. The van der Waals surface area contributed by atoms with Gasteiger partial charge >= 0.3 is 0 Å². The van der Waals surface area contributed by atoms with Gasteiger partial charge in [0.05, 0.1) is 6.54 Å². The maximum atomic E-state index is 13.4. The van der Waals surface area contributed by atoms with E-state index < -0.39 is 0 Å². The molecule has 0 aliphatic heterocycles. The van der Waals surface area contributed by atoms with Crippen LogP contribution in [-0.4, -0.2) is 25.6 Å². The van der Waals surface area contributed by atoms with Gasteiger partial charge in [0.15, 0.2) is 5.78 Å². The Hall–Kier alpha value is -4.70. The molecule has 0 fully saturated rings. The molecule has 36 heavy (non-hydrogen) atoms. The smallest absolute Gasteiger partial charge is 0.259 e. The van der Waals surface area contributed by atoms with Crippen LogP contribution >= 0.6 is 11.6 Å². The molecular formula is C25H18ClN5O5. The first-order valence-electron chi connectivity index (χ1n) is 10.8. The average Bonchev–Trinajstić information content (AvgIpc) is 3.60. The van der Waals surface area contributed by atoms with E-state index in [9.17, 15) is 9.59 Å². The molecule has 10 nitrogen and oxygen atoms in total. The van der Waals surface area contributed by atoms with E-state index in [1.807, 2.05) is 12.1 Å². The third kappa shape index (κ3) is 5.34. The third-order valence-corrected chi connectivity index (χ3v) is 5.45. The molecular weight excluding hydrogens is 486 g/mol. The van der Waals surface area contributed by atoms with Gasteiger partial charge in [0.2, 0.25) is 5.95 Å². The lowest BCUT2D eigenvalue weighted by atomic mass is 10.1. The van der Waals surface area contributed by atoms with Gasteiger partial charge in [-0.25, -0.2) is 4.98 Å². The van der Waals surface area contributed by atoms with Crippen molar-refractivity contribution in [3.05, 3.63) is 112 Å². The topological polar surface area (TPSA) is 125 Å². The van der Waals surface area contributed by atoms with Gasteiger partial charge in [-0.1, -0.05) is 28.9 Å². The van der Waals surface area contributed by atoms with E-state index in [2.05, 4.69) is 20.6 Å². The number of benzene rings is 2. The van der Waals surface area contributed by atoms with Crippen molar-refractivity contribution in [3.8, 4) is 11.6 Å². The summed E-state index contributed by atoms with van der Waals surface area (Å²) < 4.78 is 16.5. The molecule has 0 amide bonds. The lowest BCUT2D eigenvalue weighted by Gasteiger charge is -2.15. The molecule has 3 aromatic heterocycles. The van der Waals surface area contributed by atoms with E-state index in [0.29, 0.717) is 28.3 Å². The summed E-state index contributed by atoms with van der Waals surface area (Å²) in [6.45, 7) is 0.213. The number of hydrogen-bond donors (Lipinski definition) is 1. The van der Waals surface area contributed by atoms with Crippen LogP contribution in [0.25, 0.3) is 0 Å². The Labute approximate surface area is 209 Å². The Balaban J connectivity index is 1.43. The lowest BCUT2D eigenvalue weighted by Crippen LogP contribution is -2.28. The number of ether oxygens (including phenoxy) is 1. The number of ketones is 1. The Kier molecular flexibility index (Phi) is 6.59. The first-order chi connectivity index (χ1) is 17.5. The van der Waals surface area contributed by atoms with Gasteiger partial charge in [0.25, 0.3) is 11.4 Å². The molecule has 0 saturated heterocycles. The number of halogens is 1. The molecule has 1 N–H and O–H groups in total. The highest BCUT2D eigenvalue weighted by atomic mass is 35.5. The molecule has 5 rings (SSSR count). The van der Waals surface area contributed by atoms with Crippen LogP contribution < -0.4 is 15.6 Å². The number of hydrogen-bond acceptors (Lipinski definition) is 9. The normalized spacial score (nSPS) is 10.8. The number of rotatable bonds is 9. The molecule has 0 aliphatic carbocycles. The molecule has 5 aromatic rings. The number of carbonyl (C=O) groups excluding carboxylic acids is 1. The van der Waals surface area contributed by atoms with Crippen molar-refractivity contribution in [2.45, 2.75) is 13.0 Å². The summed E-state index contributed by atoms with van der Waals surface area (Å²) in [4.78, 5) is 30.4. The minimum atomic E-state index is -0.356.